The molecule has 7 nitrogen and oxygen atoms in total. The van der Waals surface area contributed by atoms with E-state index in [-0.39, 0.29) is 20.8 Å². The van der Waals surface area contributed by atoms with Crippen molar-refractivity contribution in [3.8, 4) is 5.75 Å². The van der Waals surface area contributed by atoms with Crippen LogP contribution >= 0.6 is 46.4 Å². The Labute approximate surface area is 214 Å². The van der Waals surface area contributed by atoms with Crippen LogP contribution in [0.2, 0.25) is 20.1 Å². The second kappa shape index (κ2) is 10.7. The second-order valence-electron chi connectivity index (χ2n) is 7.17. The number of amides is 1. The maximum Gasteiger partial charge on any atom is 0.344 e. The molecule has 0 spiro atoms. The molecule has 2 aromatic carbocycles. The van der Waals surface area contributed by atoms with Crippen LogP contribution < -0.4 is 4.74 Å². The smallest absolute Gasteiger partial charge is 0.344 e. The molecule has 34 heavy (non-hydrogen) atoms. The number of carbonyl (C=O) groups is 2. The predicted molar refractivity (Wildman–Crippen MR) is 129 cm³/mol. The van der Waals surface area contributed by atoms with Gasteiger partial charge in [-0.05, 0) is 35.9 Å². The van der Waals surface area contributed by atoms with Crippen LogP contribution in [0.1, 0.15) is 23.8 Å². The highest BCUT2D eigenvalue weighted by Gasteiger charge is 2.35. The minimum Gasteiger partial charge on any atom is -0.480 e. The summed E-state index contributed by atoms with van der Waals surface area (Å²) in [4.78, 5) is 25.0. The summed E-state index contributed by atoms with van der Waals surface area (Å²) >= 11 is 23.8. The highest BCUT2D eigenvalue weighted by atomic mass is 35.5. The van der Waals surface area contributed by atoms with Gasteiger partial charge in [0.15, 0.2) is 13.2 Å². The molecule has 1 amide bonds. The summed E-state index contributed by atoms with van der Waals surface area (Å²) in [7, 11) is 0. The molecule has 176 valence electrons. The van der Waals surface area contributed by atoms with Crippen LogP contribution in [0.25, 0.3) is 0 Å². The lowest BCUT2D eigenvalue weighted by Gasteiger charge is -2.19. The van der Waals surface area contributed by atoms with Crippen LogP contribution in [0, 0.1) is 0 Å². The summed E-state index contributed by atoms with van der Waals surface area (Å²) in [6.45, 7) is -1.02. The molecule has 1 aromatic heterocycles. The van der Waals surface area contributed by atoms with E-state index in [1.165, 1.54) is 23.4 Å². The van der Waals surface area contributed by atoms with E-state index < -0.39 is 31.1 Å². The molecular formula is C23H16Cl4N2O5. The molecule has 1 atom stereocenters. The molecule has 0 bridgehead atoms. The normalized spacial score (nSPS) is 15.2. The zero-order valence-electron chi connectivity index (χ0n) is 17.3. The Bertz CT molecular complexity index is 1230. The summed E-state index contributed by atoms with van der Waals surface area (Å²) in [6, 6.07) is 12.9. The third-order valence-electron chi connectivity index (χ3n) is 4.89. The first-order chi connectivity index (χ1) is 16.3. The molecule has 3 aromatic rings. The fourth-order valence-corrected chi connectivity index (χ4v) is 3.98. The fourth-order valence-electron chi connectivity index (χ4n) is 3.26. The first-order valence-electron chi connectivity index (χ1n) is 9.93. The van der Waals surface area contributed by atoms with Crippen molar-refractivity contribution in [3.63, 3.8) is 0 Å². The Kier molecular flexibility index (Phi) is 7.68. The maximum absolute atomic E-state index is 12.9. The molecule has 4 rings (SSSR count). The van der Waals surface area contributed by atoms with Gasteiger partial charge in [0.2, 0.25) is 0 Å². The topological polar surface area (TPSA) is 81.3 Å². The number of hydrogen-bond acceptors (Lipinski definition) is 6. The van der Waals surface area contributed by atoms with Gasteiger partial charge in [-0.15, -0.1) is 0 Å². The number of nitrogens with zero attached hydrogens (tertiary/aromatic N) is 2. The van der Waals surface area contributed by atoms with Crippen molar-refractivity contribution in [1.82, 2.24) is 5.01 Å². The van der Waals surface area contributed by atoms with Crippen LogP contribution in [0.15, 0.2) is 64.3 Å². The summed E-state index contributed by atoms with van der Waals surface area (Å²) < 4.78 is 15.9. The number of hydrazone groups is 1. The molecule has 1 aliphatic heterocycles. The van der Waals surface area contributed by atoms with Gasteiger partial charge in [0.05, 0.1) is 27.0 Å². The molecule has 2 heterocycles. The minimum absolute atomic E-state index is 0.161. The van der Waals surface area contributed by atoms with E-state index in [1.807, 2.05) is 12.1 Å². The number of carbonyl (C=O) groups excluding carboxylic acids is 2. The Morgan fingerprint density at radius 2 is 1.74 bits per heavy atom. The van der Waals surface area contributed by atoms with Crippen LogP contribution in [0.4, 0.5) is 0 Å². The molecule has 11 heteroatoms. The molecule has 0 N–H and O–H groups in total. The number of rotatable bonds is 7. The highest BCUT2D eigenvalue weighted by molar-refractivity contribution is 6.43. The van der Waals surface area contributed by atoms with Gasteiger partial charge in [-0.25, -0.2) is 9.80 Å². The van der Waals surface area contributed by atoms with Crippen molar-refractivity contribution < 1.29 is 23.5 Å². The number of esters is 1. The SMILES string of the molecule is O=C(COc1cc(Cl)c(Cl)cc1Cl)OCC(=O)N1N=C(c2ccc(Cl)cc2)CC1c1ccco1. The van der Waals surface area contributed by atoms with Crippen LogP contribution in [0.3, 0.4) is 0 Å². The van der Waals surface area contributed by atoms with Gasteiger partial charge in [-0.3, -0.25) is 4.79 Å². The van der Waals surface area contributed by atoms with E-state index in [4.69, 9.17) is 60.3 Å². The predicted octanol–water partition coefficient (Wildman–Crippen LogP) is 6.19. The van der Waals surface area contributed by atoms with E-state index in [9.17, 15) is 9.59 Å². The van der Waals surface area contributed by atoms with Crippen molar-refractivity contribution in [2.45, 2.75) is 12.5 Å². The number of halogens is 4. The second-order valence-corrected chi connectivity index (χ2v) is 8.83. The van der Waals surface area contributed by atoms with E-state index >= 15 is 0 Å². The third kappa shape index (κ3) is 5.67. The van der Waals surface area contributed by atoms with Crippen LogP contribution in [-0.2, 0) is 14.3 Å². The molecule has 0 aliphatic carbocycles. The lowest BCUT2D eigenvalue weighted by Crippen LogP contribution is -2.32. The van der Waals surface area contributed by atoms with E-state index in [0.717, 1.165) is 5.56 Å². The van der Waals surface area contributed by atoms with E-state index in [2.05, 4.69) is 5.10 Å². The van der Waals surface area contributed by atoms with Gasteiger partial charge in [0.25, 0.3) is 5.91 Å². The van der Waals surface area contributed by atoms with Crippen molar-refractivity contribution >= 4 is 64.0 Å². The monoisotopic (exact) mass is 540 g/mol. The molecule has 0 radical (unpaired) electrons. The van der Waals surface area contributed by atoms with Gasteiger partial charge >= 0.3 is 5.97 Å². The molecule has 0 saturated carbocycles. The van der Waals surface area contributed by atoms with E-state index in [0.29, 0.717) is 22.9 Å². The largest absolute Gasteiger partial charge is 0.480 e. The molecule has 0 fully saturated rings. The van der Waals surface area contributed by atoms with Crippen molar-refractivity contribution in [2.24, 2.45) is 5.10 Å². The van der Waals surface area contributed by atoms with Crippen molar-refractivity contribution in [1.29, 1.82) is 0 Å². The maximum atomic E-state index is 12.9. The van der Waals surface area contributed by atoms with Gasteiger partial charge in [-0.2, -0.15) is 5.10 Å². The van der Waals surface area contributed by atoms with Gasteiger partial charge < -0.3 is 13.9 Å². The zero-order chi connectivity index (χ0) is 24.2. The molecule has 0 saturated heterocycles. The van der Waals surface area contributed by atoms with E-state index in [1.54, 1.807) is 24.3 Å². The summed E-state index contributed by atoms with van der Waals surface area (Å²) in [5.74, 6) is -0.573. The third-order valence-corrected chi connectivity index (χ3v) is 6.16. The summed E-state index contributed by atoms with van der Waals surface area (Å²) in [5, 5.41) is 6.96. The van der Waals surface area contributed by atoms with Crippen molar-refractivity contribution in [3.05, 3.63) is 86.2 Å². The number of furan rings is 1. The Morgan fingerprint density at radius 1 is 1.00 bits per heavy atom. The standard InChI is InChI=1S/C23H16Cl4N2O5/c24-14-5-3-13(4-6-14)18-10-19(20-2-1-7-32-20)29(28-18)22(30)11-34-23(31)12-33-21-9-16(26)15(25)8-17(21)27/h1-9,19H,10-12H2. The van der Waals surface area contributed by atoms with Crippen LogP contribution in [0.5, 0.6) is 5.75 Å². The highest BCUT2D eigenvalue weighted by Crippen LogP contribution is 2.34. The molecule has 1 aliphatic rings. The number of hydrogen-bond donors (Lipinski definition) is 0. The summed E-state index contributed by atoms with van der Waals surface area (Å²) in [5.41, 5.74) is 1.50. The quantitative estimate of drug-likeness (QED) is 0.263. The van der Waals surface area contributed by atoms with Crippen LogP contribution in [-0.4, -0.2) is 35.8 Å². The van der Waals surface area contributed by atoms with Crippen molar-refractivity contribution in [2.75, 3.05) is 13.2 Å². The lowest BCUT2D eigenvalue weighted by molar-refractivity contribution is -0.154. The van der Waals surface area contributed by atoms with Gasteiger partial charge in [-0.1, -0.05) is 58.5 Å². The Morgan fingerprint density at radius 3 is 2.44 bits per heavy atom. The Balaban J connectivity index is 1.40. The first-order valence-corrected chi connectivity index (χ1v) is 11.4. The number of ether oxygens (including phenoxy) is 2. The first kappa shape index (κ1) is 24.4. The fraction of sp³-hybridized carbons (Fsp3) is 0.174. The summed E-state index contributed by atoms with van der Waals surface area (Å²) in [6.07, 6.45) is 1.94. The molecular weight excluding hydrogens is 526 g/mol. The molecule has 1 unspecified atom stereocenters. The van der Waals surface area contributed by atoms with Gasteiger partial charge in [0, 0.05) is 17.5 Å². The average Bonchev–Trinajstić information content (AvgIpc) is 3.49. The Hall–Kier alpha value is -2.71. The number of benzene rings is 2. The zero-order valence-corrected chi connectivity index (χ0v) is 20.4. The average molecular weight is 542 g/mol. The lowest BCUT2D eigenvalue weighted by atomic mass is 10.0. The van der Waals surface area contributed by atoms with Gasteiger partial charge in [0.1, 0.15) is 17.6 Å². The minimum atomic E-state index is -0.772.